The number of hydrogen-bond acceptors (Lipinski definition) is 1. The van der Waals surface area contributed by atoms with E-state index in [0.717, 1.165) is 22.6 Å². The number of benzene rings is 9. The first-order valence-corrected chi connectivity index (χ1v) is 18.2. The topological polar surface area (TPSA) is 3.24 Å². The average Bonchev–Trinajstić information content (AvgIpc) is 3.25. The number of hydrogen-bond donors (Lipinski definition) is 0. The van der Waals surface area contributed by atoms with Crippen LogP contribution in [0, 0.1) is 0 Å². The van der Waals surface area contributed by atoms with E-state index in [0.29, 0.717) is 0 Å². The van der Waals surface area contributed by atoms with Gasteiger partial charge in [0.25, 0.3) is 0 Å². The summed E-state index contributed by atoms with van der Waals surface area (Å²) in [6.07, 6.45) is 0. The molecule has 0 N–H and O–H groups in total. The van der Waals surface area contributed by atoms with Gasteiger partial charge >= 0.3 is 0 Å². The third-order valence-electron chi connectivity index (χ3n) is 10.1. The Balaban J connectivity index is 1.24. The van der Waals surface area contributed by atoms with Crippen molar-refractivity contribution in [3.05, 3.63) is 224 Å². The summed E-state index contributed by atoms with van der Waals surface area (Å²) in [5, 5.41) is 2.41. The van der Waals surface area contributed by atoms with Crippen molar-refractivity contribution in [3.8, 4) is 55.6 Å². The van der Waals surface area contributed by atoms with Gasteiger partial charge in [0, 0.05) is 16.6 Å². The number of fused-ring (bicyclic) bond motifs is 1. The van der Waals surface area contributed by atoms with Gasteiger partial charge in [0.1, 0.15) is 0 Å². The smallest absolute Gasteiger partial charge is 0.0540 e. The SMILES string of the molecule is c1ccc(-c2ccc(N(c3ccc(-c4ccc(-c5ccccc5)c(-c5ccccc5)c4)cc3-c3ccccc3)c3cccc4ccccc34)cc2)cc1. The molecule has 9 aromatic carbocycles. The van der Waals surface area contributed by atoms with Crippen LogP contribution in [-0.2, 0) is 0 Å². The quantitative estimate of drug-likeness (QED) is 0.155. The van der Waals surface area contributed by atoms with Crippen molar-refractivity contribution < 1.29 is 0 Å². The fourth-order valence-electron chi connectivity index (χ4n) is 7.45. The van der Waals surface area contributed by atoms with Gasteiger partial charge in [-0.2, -0.15) is 0 Å². The lowest BCUT2D eigenvalue weighted by Crippen LogP contribution is -2.12. The minimum Gasteiger partial charge on any atom is -0.309 e. The molecule has 1 heteroatoms. The molecule has 0 fully saturated rings. The Morgan fingerprint density at radius 1 is 0.245 bits per heavy atom. The van der Waals surface area contributed by atoms with Crippen molar-refractivity contribution in [2.45, 2.75) is 0 Å². The molecule has 9 rings (SSSR count). The maximum atomic E-state index is 2.43. The Labute approximate surface area is 311 Å². The van der Waals surface area contributed by atoms with Crippen LogP contribution in [0.15, 0.2) is 224 Å². The van der Waals surface area contributed by atoms with Crippen LogP contribution in [0.2, 0.25) is 0 Å². The standard InChI is InChI=1S/C52H37N/c1-5-16-38(17-6-1)39-28-32-46(33-29-39)53(51-27-15-25-41-24-13-14-26-48(41)51)52-35-31-45(37-50(52)43-22-11-4-12-23-43)44-30-34-47(40-18-7-2-8-19-40)49(36-44)42-20-9-3-10-21-42/h1-37H. The van der Waals surface area contributed by atoms with Crippen LogP contribution in [0.3, 0.4) is 0 Å². The molecule has 0 saturated carbocycles. The highest BCUT2D eigenvalue weighted by Crippen LogP contribution is 2.45. The van der Waals surface area contributed by atoms with Crippen LogP contribution >= 0.6 is 0 Å². The molecule has 0 amide bonds. The maximum Gasteiger partial charge on any atom is 0.0540 e. The molecule has 0 aliphatic heterocycles. The van der Waals surface area contributed by atoms with E-state index in [-0.39, 0.29) is 0 Å². The van der Waals surface area contributed by atoms with Crippen LogP contribution in [0.5, 0.6) is 0 Å². The Kier molecular flexibility index (Phi) is 8.66. The van der Waals surface area contributed by atoms with Gasteiger partial charge in [-0.3, -0.25) is 0 Å². The summed E-state index contributed by atoms with van der Waals surface area (Å²) in [4.78, 5) is 2.43. The number of rotatable bonds is 8. The van der Waals surface area contributed by atoms with E-state index in [1.807, 2.05) is 0 Å². The van der Waals surface area contributed by atoms with Crippen molar-refractivity contribution >= 4 is 27.8 Å². The zero-order valence-corrected chi connectivity index (χ0v) is 29.3. The lowest BCUT2D eigenvalue weighted by Gasteiger charge is -2.29. The van der Waals surface area contributed by atoms with Gasteiger partial charge in [0.2, 0.25) is 0 Å². The third-order valence-corrected chi connectivity index (χ3v) is 10.1. The zero-order chi connectivity index (χ0) is 35.4. The minimum atomic E-state index is 1.10. The highest BCUT2D eigenvalue weighted by Gasteiger charge is 2.21. The molecule has 0 radical (unpaired) electrons. The molecule has 9 aromatic rings. The Morgan fingerprint density at radius 2 is 0.698 bits per heavy atom. The summed E-state index contributed by atoms with van der Waals surface area (Å²) >= 11 is 0. The van der Waals surface area contributed by atoms with Gasteiger partial charge in [-0.25, -0.2) is 0 Å². The lowest BCUT2D eigenvalue weighted by atomic mass is 9.90. The maximum absolute atomic E-state index is 2.43. The second kappa shape index (κ2) is 14.3. The molecule has 0 unspecified atom stereocenters. The van der Waals surface area contributed by atoms with Gasteiger partial charge in [-0.1, -0.05) is 188 Å². The Hall–Kier alpha value is -6.96. The van der Waals surface area contributed by atoms with Crippen LogP contribution < -0.4 is 4.90 Å². The molecule has 0 spiro atoms. The highest BCUT2D eigenvalue weighted by molar-refractivity contribution is 6.01. The molecule has 0 bridgehead atoms. The van der Waals surface area contributed by atoms with Crippen LogP contribution in [-0.4, -0.2) is 0 Å². The molecule has 1 nitrogen and oxygen atoms in total. The summed E-state index contributed by atoms with van der Waals surface area (Å²) in [6, 6.07) is 80.9. The summed E-state index contributed by atoms with van der Waals surface area (Å²) in [6.45, 7) is 0. The second-order valence-corrected chi connectivity index (χ2v) is 13.3. The molecule has 0 atom stereocenters. The molecule has 0 aliphatic carbocycles. The largest absolute Gasteiger partial charge is 0.309 e. The van der Waals surface area contributed by atoms with Crippen molar-refractivity contribution in [1.29, 1.82) is 0 Å². The molecular weight excluding hydrogens is 639 g/mol. The molecule has 0 heterocycles. The van der Waals surface area contributed by atoms with Gasteiger partial charge in [0.15, 0.2) is 0 Å². The number of nitrogens with zero attached hydrogens (tertiary/aromatic N) is 1. The zero-order valence-electron chi connectivity index (χ0n) is 29.3. The minimum absolute atomic E-state index is 1.10. The van der Waals surface area contributed by atoms with E-state index in [1.165, 1.54) is 60.8 Å². The molecule has 0 saturated heterocycles. The fourth-order valence-corrected chi connectivity index (χ4v) is 7.45. The number of anilines is 3. The van der Waals surface area contributed by atoms with E-state index < -0.39 is 0 Å². The van der Waals surface area contributed by atoms with Crippen LogP contribution in [0.4, 0.5) is 17.1 Å². The predicted molar refractivity (Wildman–Crippen MR) is 226 cm³/mol. The lowest BCUT2D eigenvalue weighted by molar-refractivity contribution is 1.30. The van der Waals surface area contributed by atoms with E-state index >= 15 is 0 Å². The normalized spacial score (nSPS) is 11.0. The first-order valence-electron chi connectivity index (χ1n) is 18.2. The fraction of sp³-hybridized carbons (Fsp3) is 0. The van der Waals surface area contributed by atoms with Gasteiger partial charge in [0.05, 0.1) is 11.4 Å². The van der Waals surface area contributed by atoms with Gasteiger partial charge in [-0.15, -0.1) is 0 Å². The van der Waals surface area contributed by atoms with E-state index in [4.69, 9.17) is 0 Å². The average molecular weight is 676 g/mol. The van der Waals surface area contributed by atoms with Gasteiger partial charge < -0.3 is 4.90 Å². The molecule has 0 aromatic heterocycles. The molecule has 53 heavy (non-hydrogen) atoms. The monoisotopic (exact) mass is 675 g/mol. The highest BCUT2D eigenvalue weighted by atomic mass is 15.1. The molecular formula is C52H37N. The van der Waals surface area contributed by atoms with E-state index in [1.54, 1.807) is 0 Å². The van der Waals surface area contributed by atoms with Crippen molar-refractivity contribution in [3.63, 3.8) is 0 Å². The van der Waals surface area contributed by atoms with Crippen molar-refractivity contribution in [2.75, 3.05) is 4.90 Å². The third kappa shape index (κ3) is 6.42. The molecule has 250 valence electrons. The summed E-state index contributed by atoms with van der Waals surface area (Å²) in [5.41, 5.74) is 15.3. The van der Waals surface area contributed by atoms with Crippen molar-refractivity contribution in [1.82, 2.24) is 0 Å². The second-order valence-electron chi connectivity index (χ2n) is 13.3. The first kappa shape index (κ1) is 32.0. The summed E-state index contributed by atoms with van der Waals surface area (Å²) in [7, 11) is 0. The summed E-state index contributed by atoms with van der Waals surface area (Å²) < 4.78 is 0. The Morgan fingerprint density at radius 3 is 1.34 bits per heavy atom. The predicted octanol–water partition coefficient (Wildman–Crippen LogP) is 14.6. The summed E-state index contributed by atoms with van der Waals surface area (Å²) in [5.74, 6) is 0. The van der Waals surface area contributed by atoms with Crippen LogP contribution in [0.25, 0.3) is 66.4 Å². The van der Waals surface area contributed by atoms with E-state index in [9.17, 15) is 0 Å². The Bertz CT molecular complexity index is 2620. The van der Waals surface area contributed by atoms with Crippen molar-refractivity contribution in [2.24, 2.45) is 0 Å². The van der Waals surface area contributed by atoms with E-state index in [2.05, 4.69) is 229 Å². The van der Waals surface area contributed by atoms with Crippen LogP contribution in [0.1, 0.15) is 0 Å². The first-order chi connectivity index (χ1) is 26.3. The van der Waals surface area contributed by atoms with Gasteiger partial charge in [-0.05, 0) is 91.9 Å². The molecule has 0 aliphatic rings.